The number of nitrogens with zero attached hydrogens (tertiary/aromatic N) is 1. The van der Waals surface area contributed by atoms with Gasteiger partial charge in [0.25, 0.3) is 0 Å². The predicted octanol–water partition coefficient (Wildman–Crippen LogP) is 2.67. The van der Waals surface area contributed by atoms with Crippen molar-refractivity contribution in [3.05, 3.63) is 24.3 Å². The lowest BCUT2D eigenvalue weighted by Crippen LogP contribution is -1.97. The summed E-state index contributed by atoms with van der Waals surface area (Å²) in [7, 11) is 0. The summed E-state index contributed by atoms with van der Waals surface area (Å²) in [6.45, 7) is 6.34. The Morgan fingerprint density at radius 1 is 1.20 bits per heavy atom. The maximum absolute atomic E-state index is 8.12. The van der Waals surface area contributed by atoms with Crippen LogP contribution in [0.25, 0.3) is 0 Å². The van der Waals surface area contributed by atoms with E-state index in [4.69, 9.17) is 5.26 Å². The summed E-state index contributed by atoms with van der Waals surface area (Å²) in [6.07, 6.45) is 7.15. The molecule has 0 aliphatic heterocycles. The highest BCUT2D eigenvalue weighted by Gasteiger charge is 2.01. The van der Waals surface area contributed by atoms with E-state index in [1.807, 2.05) is 12.1 Å². The minimum atomic E-state index is 0.208. The molecule has 0 saturated carbocycles. The number of hydrogen-bond donors (Lipinski definition) is 0. The smallest absolute Gasteiger partial charge is 0.0912 e. The minimum absolute atomic E-state index is 0.208. The van der Waals surface area contributed by atoms with Crippen molar-refractivity contribution in [3.8, 4) is 6.07 Å². The zero-order valence-electron chi connectivity index (χ0n) is 6.76. The van der Waals surface area contributed by atoms with Crippen LogP contribution in [0.3, 0.4) is 0 Å². The molecule has 0 saturated heterocycles. The van der Waals surface area contributed by atoms with E-state index in [0.29, 0.717) is 0 Å². The highest BCUT2D eigenvalue weighted by Crippen LogP contribution is 2.13. The SMILES string of the molecule is CC(C)(C)/C=C/C=C\C#N. The third-order valence-corrected chi connectivity index (χ3v) is 0.878. The molecule has 0 aliphatic rings. The van der Waals surface area contributed by atoms with Crippen molar-refractivity contribution in [3.63, 3.8) is 0 Å². The summed E-state index contributed by atoms with van der Waals surface area (Å²) < 4.78 is 0. The Hall–Kier alpha value is -1.03. The fourth-order valence-corrected chi connectivity index (χ4v) is 0.443. The molecular weight excluding hydrogens is 122 g/mol. The molecule has 1 nitrogen and oxygen atoms in total. The van der Waals surface area contributed by atoms with Gasteiger partial charge in [-0.15, -0.1) is 0 Å². The van der Waals surface area contributed by atoms with Crippen molar-refractivity contribution in [2.24, 2.45) is 5.41 Å². The van der Waals surface area contributed by atoms with Gasteiger partial charge in [0.1, 0.15) is 0 Å². The molecule has 0 heterocycles. The lowest BCUT2D eigenvalue weighted by atomic mass is 9.96. The monoisotopic (exact) mass is 135 g/mol. The van der Waals surface area contributed by atoms with Gasteiger partial charge in [0.15, 0.2) is 0 Å². The molecule has 0 aromatic rings. The molecule has 0 bridgehead atoms. The normalized spacial score (nSPS) is 12.6. The third-order valence-electron chi connectivity index (χ3n) is 0.878. The lowest BCUT2D eigenvalue weighted by molar-refractivity contribution is 0.544. The van der Waals surface area contributed by atoms with Crippen LogP contribution in [0.15, 0.2) is 24.3 Å². The number of hydrogen-bond acceptors (Lipinski definition) is 1. The van der Waals surface area contributed by atoms with Gasteiger partial charge >= 0.3 is 0 Å². The van der Waals surface area contributed by atoms with Crippen LogP contribution < -0.4 is 0 Å². The lowest BCUT2D eigenvalue weighted by Gasteiger charge is -2.09. The highest BCUT2D eigenvalue weighted by atomic mass is 14.2. The summed E-state index contributed by atoms with van der Waals surface area (Å²) in [5, 5.41) is 8.12. The first-order chi connectivity index (χ1) is 4.56. The molecule has 0 N–H and O–H groups in total. The quantitative estimate of drug-likeness (QED) is 0.400. The molecule has 0 unspecified atom stereocenters. The van der Waals surface area contributed by atoms with Gasteiger partial charge in [-0.05, 0) is 5.41 Å². The van der Waals surface area contributed by atoms with Crippen LogP contribution in [0.4, 0.5) is 0 Å². The zero-order valence-corrected chi connectivity index (χ0v) is 6.76. The van der Waals surface area contributed by atoms with Crippen LogP contribution in [0.2, 0.25) is 0 Å². The Balaban J connectivity index is 3.81. The zero-order chi connectivity index (χ0) is 8.04. The van der Waals surface area contributed by atoms with Crippen LogP contribution >= 0.6 is 0 Å². The molecule has 0 radical (unpaired) electrons. The van der Waals surface area contributed by atoms with E-state index in [0.717, 1.165) is 0 Å². The van der Waals surface area contributed by atoms with E-state index < -0.39 is 0 Å². The van der Waals surface area contributed by atoms with Crippen molar-refractivity contribution in [1.82, 2.24) is 0 Å². The molecule has 0 rings (SSSR count). The van der Waals surface area contributed by atoms with Crippen molar-refractivity contribution in [2.75, 3.05) is 0 Å². The van der Waals surface area contributed by atoms with E-state index in [9.17, 15) is 0 Å². The van der Waals surface area contributed by atoms with Gasteiger partial charge < -0.3 is 0 Å². The summed E-state index contributed by atoms with van der Waals surface area (Å²) in [6, 6.07) is 1.92. The molecule has 0 amide bonds. The minimum Gasteiger partial charge on any atom is -0.193 e. The van der Waals surface area contributed by atoms with Crippen LogP contribution in [0, 0.1) is 16.7 Å². The first kappa shape index (κ1) is 8.97. The molecule has 0 fully saturated rings. The highest BCUT2D eigenvalue weighted by molar-refractivity contribution is 5.13. The second-order valence-corrected chi connectivity index (χ2v) is 3.21. The van der Waals surface area contributed by atoms with E-state index in [2.05, 4.69) is 26.8 Å². The number of rotatable bonds is 1. The molecule has 0 aromatic carbocycles. The molecule has 1 heteroatoms. The molecule has 0 atom stereocenters. The van der Waals surface area contributed by atoms with Gasteiger partial charge in [-0.2, -0.15) is 5.26 Å². The first-order valence-corrected chi connectivity index (χ1v) is 3.30. The van der Waals surface area contributed by atoms with Gasteiger partial charge in [-0.25, -0.2) is 0 Å². The number of allylic oxidation sites excluding steroid dienone is 4. The molecule has 0 aromatic heterocycles. The van der Waals surface area contributed by atoms with Gasteiger partial charge in [-0.1, -0.05) is 39.0 Å². The predicted molar refractivity (Wildman–Crippen MR) is 43.3 cm³/mol. The van der Waals surface area contributed by atoms with Crippen molar-refractivity contribution in [1.29, 1.82) is 5.26 Å². The van der Waals surface area contributed by atoms with E-state index in [1.165, 1.54) is 6.08 Å². The molecule has 10 heavy (non-hydrogen) atoms. The summed E-state index contributed by atoms with van der Waals surface area (Å²) in [5.41, 5.74) is 0.208. The van der Waals surface area contributed by atoms with E-state index in [-0.39, 0.29) is 5.41 Å². The Labute approximate surface area is 62.7 Å². The first-order valence-electron chi connectivity index (χ1n) is 3.30. The number of nitriles is 1. The fraction of sp³-hybridized carbons (Fsp3) is 0.444. The van der Waals surface area contributed by atoms with Gasteiger partial charge in [0.05, 0.1) is 6.07 Å². The van der Waals surface area contributed by atoms with Crippen LogP contribution in [-0.4, -0.2) is 0 Å². The Bertz CT molecular complexity index is 174. The van der Waals surface area contributed by atoms with E-state index in [1.54, 1.807) is 6.08 Å². The molecule has 0 aliphatic carbocycles. The maximum Gasteiger partial charge on any atom is 0.0912 e. The molecule has 54 valence electrons. The van der Waals surface area contributed by atoms with Crippen molar-refractivity contribution >= 4 is 0 Å². The topological polar surface area (TPSA) is 23.8 Å². The third kappa shape index (κ3) is 6.97. The largest absolute Gasteiger partial charge is 0.193 e. The van der Waals surface area contributed by atoms with Crippen LogP contribution in [0.1, 0.15) is 20.8 Å². The summed E-state index contributed by atoms with van der Waals surface area (Å²) in [5.74, 6) is 0. The standard InChI is InChI=1S/C9H13N/c1-9(2,3)7-5-4-6-8-10/h4-7H,1-3H3/b6-4-,7-5+. The maximum atomic E-state index is 8.12. The van der Waals surface area contributed by atoms with Gasteiger partial charge in [-0.3, -0.25) is 0 Å². The van der Waals surface area contributed by atoms with Crippen molar-refractivity contribution < 1.29 is 0 Å². The molecular formula is C9H13N. The van der Waals surface area contributed by atoms with Crippen LogP contribution in [0.5, 0.6) is 0 Å². The second-order valence-electron chi connectivity index (χ2n) is 3.21. The van der Waals surface area contributed by atoms with Crippen LogP contribution in [-0.2, 0) is 0 Å². The van der Waals surface area contributed by atoms with Gasteiger partial charge in [0.2, 0.25) is 0 Å². The summed E-state index contributed by atoms with van der Waals surface area (Å²) in [4.78, 5) is 0. The Morgan fingerprint density at radius 2 is 1.80 bits per heavy atom. The Morgan fingerprint density at radius 3 is 2.20 bits per heavy atom. The average Bonchev–Trinajstić information content (AvgIpc) is 1.78. The molecule has 0 spiro atoms. The Kier molecular flexibility index (Phi) is 3.49. The average molecular weight is 135 g/mol. The van der Waals surface area contributed by atoms with E-state index >= 15 is 0 Å². The van der Waals surface area contributed by atoms with Crippen molar-refractivity contribution in [2.45, 2.75) is 20.8 Å². The fourth-order valence-electron chi connectivity index (χ4n) is 0.443. The summed E-state index contributed by atoms with van der Waals surface area (Å²) >= 11 is 0. The second kappa shape index (κ2) is 3.90. The van der Waals surface area contributed by atoms with Gasteiger partial charge in [0, 0.05) is 6.08 Å².